The van der Waals surface area contributed by atoms with Gasteiger partial charge >= 0.3 is 0 Å². The largest absolute Gasteiger partial charge is 0.399 e. The Morgan fingerprint density at radius 1 is 1.04 bits per heavy atom. The maximum Gasteiger partial charge on any atom is 0.248 e. The van der Waals surface area contributed by atoms with Crippen molar-refractivity contribution in [1.29, 1.82) is 0 Å². The number of hydrogen-bond acceptors (Lipinski definition) is 6. The number of nitrogens with zero attached hydrogens (tertiary/aromatic N) is 1. The van der Waals surface area contributed by atoms with Crippen molar-refractivity contribution in [2.45, 2.75) is 0 Å². The van der Waals surface area contributed by atoms with Gasteiger partial charge in [-0.25, -0.2) is 0 Å². The van der Waals surface area contributed by atoms with Gasteiger partial charge in [-0.3, -0.25) is 4.79 Å². The van der Waals surface area contributed by atoms with Crippen LogP contribution in [0.1, 0.15) is 5.56 Å². The Labute approximate surface area is 164 Å². The second kappa shape index (κ2) is 11.1. The first kappa shape index (κ1) is 22.3. The Hall–Kier alpha value is -2.74. The average molecular weight is 393 g/mol. The molecule has 2 aromatic carbocycles. The molecule has 2 rings (SSSR count). The highest BCUT2D eigenvalue weighted by Gasteiger charge is 2.06. The van der Waals surface area contributed by atoms with Gasteiger partial charge in [0.2, 0.25) is 5.91 Å². The van der Waals surface area contributed by atoms with Gasteiger partial charge in [0.05, 0.1) is 13.2 Å². The van der Waals surface area contributed by atoms with E-state index in [4.69, 9.17) is 21.7 Å². The first-order valence-corrected chi connectivity index (χ1v) is 8.24. The summed E-state index contributed by atoms with van der Waals surface area (Å²) in [4.78, 5) is 13.9. The second-order valence-electron chi connectivity index (χ2n) is 5.69. The molecule has 0 fully saturated rings. The van der Waals surface area contributed by atoms with Crippen molar-refractivity contribution in [2.24, 2.45) is 0 Å². The molecule has 1 amide bonds. The van der Waals surface area contributed by atoms with E-state index in [0.29, 0.717) is 35.7 Å². The van der Waals surface area contributed by atoms with Crippen LogP contribution in [0.25, 0.3) is 6.08 Å². The maximum absolute atomic E-state index is 12.1. The van der Waals surface area contributed by atoms with E-state index in [0.717, 1.165) is 5.69 Å². The van der Waals surface area contributed by atoms with Crippen LogP contribution in [0, 0.1) is 0 Å². The summed E-state index contributed by atoms with van der Waals surface area (Å²) < 4.78 is 0. The second-order valence-corrected chi connectivity index (χ2v) is 5.69. The molecule has 0 aromatic heterocycles. The number of hydrogen-bond donors (Lipinski definition) is 5. The molecule has 0 aliphatic carbocycles. The lowest BCUT2D eigenvalue weighted by Crippen LogP contribution is -2.29. The lowest BCUT2D eigenvalue weighted by atomic mass is 10.1. The number of nitrogens with two attached hydrogens (primary N) is 2. The summed E-state index contributed by atoms with van der Waals surface area (Å²) >= 11 is 0. The number of benzene rings is 2. The lowest BCUT2D eigenvalue weighted by molar-refractivity contribution is -0.111. The van der Waals surface area contributed by atoms with Crippen LogP contribution in [0.3, 0.4) is 0 Å². The Bertz CT molecular complexity index is 760. The molecule has 2 aromatic rings. The fourth-order valence-corrected chi connectivity index (χ4v) is 2.45. The van der Waals surface area contributed by atoms with Crippen molar-refractivity contribution >= 4 is 47.1 Å². The standard InChI is InChI=1S/C19H24N4O3.ClH/c20-15-2-7-18(21)14(13-15)1-8-19(26)22-16-3-5-17(6-4-16)23(9-11-24)10-12-25;/h1-8,13,24-25H,9-12,20-21H2,(H,22,26);1H/b8-1-;. The number of nitrogens with one attached hydrogen (secondary N) is 1. The number of anilines is 4. The summed E-state index contributed by atoms with van der Waals surface area (Å²) in [6, 6.07) is 12.3. The highest BCUT2D eigenvalue weighted by molar-refractivity contribution is 6.02. The van der Waals surface area contributed by atoms with E-state index in [-0.39, 0.29) is 31.5 Å². The van der Waals surface area contributed by atoms with Crippen LogP contribution in [0.2, 0.25) is 0 Å². The van der Waals surface area contributed by atoms with Gasteiger partial charge in [0.25, 0.3) is 0 Å². The van der Waals surface area contributed by atoms with Crippen molar-refractivity contribution in [3.05, 3.63) is 54.1 Å². The van der Waals surface area contributed by atoms with Gasteiger partial charge in [-0.2, -0.15) is 0 Å². The monoisotopic (exact) mass is 392 g/mol. The third kappa shape index (κ3) is 6.82. The van der Waals surface area contributed by atoms with Gasteiger partial charge in [0, 0.05) is 41.9 Å². The molecule has 8 heteroatoms. The van der Waals surface area contributed by atoms with Crippen LogP contribution < -0.4 is 21.7 Å². The Morgan fingerprint density at radius 3 is 2.26 bits per heavy atom. The molecule has 7 N–H and O–H groups in total. The number of aliphatic hydroxyl groups is 2. The molecule has 0 saturated carbocycles. The quantitative estimate of drug-likeness (QED) is 0.344. The number of carbonyl (C=O) groups is 1. The normalized spacial score (nSPS) is 10.4. The number of aliphatic hydroxyl groups excluding tert-OH is 2. The molecule has 146 valence electrons. The van der Waals surface area contributed by atoms with E-state index in [2.05, 4.69) is 5.32 Å². The first-order chi connectivity index (χ1) is 12.5. The van der Waals surface area contributed by atoms with Crippen molar-refractivity contribution in [3.8, 4) is 0 Å². The highest BCUT2D eigenvalue weighted by Crippen LogP contribution is 2.19. The summed E-state index contributed by atoms with van der Waals surface area (Å²) in [5.41, 5.74) is 14.8. The molecule has 0 heterocycles. The number of carbonyl (C=O) groups excluding carboxylic acids is 1. The van der Waals surface area contributed by atoms with E-state index < -0.39 is 0 Å². The number of rotatable bonds is 8. The highest BCUT2D eigenvalue weighted by atomic mass is 35.5. The Kier molecular flexibility index (Phi) is 9.15. The smallest absolute Gasteiger partial charge is 0.248 e. The minimum absolute atomic E-state index is 0. The van der Waals surface area contributed by atoms with Crippen molar-refractivity contribution in [1.82, 2.24) is 0 Å². The zero-order chi connectivity index (χ0) is 18.9. The zero-order valence-electron chi connectivity index (χ0n) is 14.8. The molecule has 0 bridgehead atoms. The molecular weight excluding hydrogens is 368 g/mol. The van der Waals surface area contributed by atoms with Crippen molar-refractivity contribution in [3.63, 3.8) is 0 Å². The van der Waals surface area contributed by atoms with E-state index in [1.807, 2.05) is 17.0 Å². The number of nitrogen functional groups attached to an aromatic ring is 2. The third-order valence-electron chi connectivity index (χ3n) is 3.76. The van der Waals surface area contributed by atoms with E-state index in [1.165, 1.54) is 6.08 Å². The summed E-state index contributed by atoms with van der Waals surface area (Å²) in [5, 5.41) is 20.9. The van der Waals surface area contributed by atoms with E-state index in [1.54, 1.807) is 36.4 Å². The summed E-state index contributed by atoms with van der Waals surface area (Å²) in [5.74, 6) is -0.290. The maximum atomic E-state index is 12.1. The van der Waals surface area contributed by atoms with Crippen LogP contribution in [0.4, 0.5) is 22.7 Å². The topological polar surface area (TPSA) is 125 Å². The van der Waals surface area contributed by atoms with Gasteiger partial charge in [0.15, 0.2) is 0 Å². The lowest BCUT2D eigenvalue weighted by Gasteiger charge is -2.23. The zero-order valence-corrected chi connectivity index (χ0v) is 15.7. The summed E-state index contributed by atoms with van der Waals surface area (Å²) in [6.45, 7) is 0.847. The fourth-order valence-electron chi connectivity index (χ4n) is 2.45. The Morgan fingerprint density at radius 2 is 1.67 bits per heavy atom. The van der Waals surface area contributed by atoms with Crippen LogP contribution in [0.5, 0.6) is 0 Å². The van der Waals surface area contributed by atoms with Crippen LogP contribution in [-0.4, -0.2) is 42.4 Å². The summed E-state index contributed by atoms with van der Waals surface area (Å²) in [7, 11) is 0. The van der Waals surface area contributed by atoms with E-state index in [9.17, 15) is 4.79 Å². The molecule has 0 aliphatic heterocycles. The van der Waals surface area contributed by atoms with Gasteiger partial charge < -0.3 is 31.9 Å². The number of halogens is 1. The molecule has 0 saturated heterocycles. The Balaban J connectivity index is 0.00000364. The van der Waals surface area contributed by atoms with Crippen LogP contribution in [-0.2, 0) is 4.79 Å². The fraction of sp³-hybridized carbons (Fsp3) is 0.211. The molecule has 0 aliphatic rings. The average Bonchev–Trinajstić information content (AvgIpc) is 2.63. The predicted octanol–water partition coefficient (Wildman–Crippen LogP) is 1.72. The van der Waals surface area contributed by atoms with Crippen LogP contribution in [0.15, 0.2) is 48.5 Å². The molecule has 7 nitrogen and oxygen atoms in total. The molecule has 0 unspecified atom stereocenters. The SMILES string of the molecule is Cl.Nc1ccc(N)c(/C=C\C(=O)Nc2ccc(N(CCO)CCO)cc2)c1. The predicted molar refractivity (Wildman–Crippen MR) is 113 cm³/mol. The third-order valence-corrected chi connectivity index (χ3v) is 3.76. The minimum Gasteiger partial charge on any atom is -0.399 e. The summed E-state index contributed by atoms with van der Waals surface area (Å²) in [6.07, 6.45) is 3.00. The van der Waals surface area contributed by atoms with Crippen molar-refractivity contribution < 1.29 is 15.0 Å². The van der Waals surface area contributed by atoms with Gasteiger partial charge in [-0.15, -0.1) is 12.4 Å². The van der Waals surface area contributed by atoms with Gasteiger partial charge in [-0.1, -0.05) is 0 Å². The first-order valence-electron chi connectivity index (χ1n) is 8.24. The van der Waals surface area contributed by atoms with Gasteiger partial charge in [-0.05, 0) is 54.1 Å². The van der Waals surface area contributed by atoms with Crippen LogP contribution >= 0.6 is 12.4 Å². The minimum atomic E-state index is -0.290. The molecule has 27 heavy (non-hydrogen) atoms. The molecule has 0 radical (unpaired) electrons. The van der Waals surface area contributed by atoms with Crippen molar-refractivity contribution in [2.75, 3.05) is 48.0 Å². The molecule has 0 spiro atoms. The molecular formula is C19H25ClN4O3. The van der Waals surface area contributed by atoms with Gasteiger partial charge in [0.1, 0.15) is 0 Å². The molecule has 0 atom stereocenters. The number of amides is 1. The van der Waals surface area contributed by atoms with E-state index >= 15 is 0 Å².